The fourth-order valence-corrected chi connectivity index (χ4v) is 3.77. The molecule has 5 aromatic rings. The molecule has 0 atom stereocenters. The lowest BCUT2D eigenvalue weighted by Gasteiger charge is -2.12. The van der Waals surface area contributed by atoms with Crippen LogP contribution < -0.4 is 10.6 Å². The zero-order chi connectivity index (χ0) is 21.4. The minimum Gasteiger partial charge on any atom is -0.368 e. The largest absolute Gasteiger partial charge is 0.368 e. The van der Waals surface area contributed by atoms with E-state index in [1.165, 1.54) is 0 Å². The van der Waals surface area contributed by atoms with Gasteiger partial charge in [0.2, 0.25) is 0 Å². The summed E-state index contributed by atoms with van der Waals surface area (Å²) >= 11 is 0. The van der Waals surface area contributed by atoms with Crippen molar-refractivity contribution < 1.29 is 4.79 Å². The molecule has 0 aliphatic heterocycles. The van der Waals surface area contributed by atoms with Crippen molar-refractivity contribution >= 4 is 39.2 Å². The summed E-state index contributed by atoms with van der Waals surface area (Å²) in [5.41, 5.74) is 5.01. The lowest BCUT2D eigenvalue weighted by Crippen LogP contribution is -2.16. The minimum atomic E-state index is -0.271. The monoisotopic (exact) mass is 410 g/mol. The average Bonchev–Trinajstić information content (AvgIpc) is 3.42. The molecular formula is C24H22N6O. The number of nitrogens with one attached hydrogen (secondary N) is 4. The zero-order valence-corrected chi connectivity index (χ0v) is 17.2. The van der Waals surface area contributed by atoms with Gasteiger partial charge in [-0.05, 0) is 61.4 Å². The SMILES string of the molecule is CC(C)Nc1cccc(C(=O)Nc2cc(-c3cccc4[nH]ccc34)cc3[nH]ncc23)n1. The Hall–Kier alpha value is -4.13. The Morgan fingerprint density at radius 3 is 2.74 bits per heavy atom. The molecule has 7 heteroatoms. The van der Waals surface area contributed by atoms with Crippen molar-refractivity contribution in [2.45, 2.75) is 19.9 Å². The van der Waals surface area contributed by atoms with Gasteiger partial charge in [0.05, 0.1) is 17.4 Å². The first-order valence-corrected chi connectivity index (χ1v) is 10.2. The molecule has 4 N–H and O–H groups in total. The normalized spacial score (nSPS) is 11.3. The molecule has 5 rings (SSSR count). The van der Waals surface area contributed by atoms with Crippen LogP contribution in [0.25, 0.3) is 32.9 Å². The Bertz CT molecular complexity index is 1400. The topological polar surface area (TPSA) is 98.5 Å². The second kappa shape index (κ2) is 7.60. The number of H-pyrrole nitrogens is 2. The van der Waals surface area contributed by atoms with Crippen molar-refractivity contribution in [3.63, 3.8) is 0 Å². The van der Waals surface area contributed by atoms with Crippen LogP contribution in [0.4, 0.5) is 11.5 Å². The van der Waals surface area contributed by atoms with Gasteiger partial charge in [0, 0.05) is 28.5 Å². The zero-order valence-electron chi connectivity index (χ0n) is 17.2. The molecule has 0 fully saturated rings. The highest BCUT2D eigenvalue weighted by molar-refractivity contribution is 6.09. The van der Waals surface area contributed by atoms with E-state index in [-0.39, 0.29) is 11.9 Å². The Morgan fingerprint density at radius 1 is 1.00 bits per heavy atom. The molecule has 0 spiro atoms. The van der Waals surface area contributed by atoms with Crippen molar-refractivity contribution in [1.29, 1.82) is 0 Å². The highest BCUT2D eigenvalue weighted by atomic mass is 16.1. The second-order valence-electron chi connectivity index (χ2n) is 7.76. The average molecular weight is 410 g/mol. The van der Waals surface area contributed by atoms with E-state index in [4.69, 9.17) is 0 Å². The molecule has 0 unspecified atom stereocenters. The molecule has 0 aliphatic carbocycles. The van der Waals surface area contributed by atoms with Gasteiger partial charge in [0.15, 0.2) is 0 Å². The van der Waals surface area contributed by atoms with Gasteiger partial charge in [-0.1, -0.05) is 18.2 Å². The van der Waals surface area contributed by atoms with Crippen molar-refractivity contribution in [2.75, 3.05) is 10.6 Å². The molecule has 31 heavy (non-hydrogen) atoms. The van der Waals surface area contributed by atoms with Crippen molar-refractivity contribution in [2.24, 2.45) is 0 Å². The Labute approximate surface area is 178 Å². The number of benzene rings is 2. The number of fused-ring (bicyclic) bond motifs is 2. The number of aromatic amines is 2. The van der Waals surface area contributed by atoms with Crippen LogP contribution in [0.3, 0.4) is 0 Å². The summed E-state index contributed by atoms with van der Waals surface area (Å²) in [5.74, 6) is 0.399. The van der Waals surface area contributed by atoms with Gasteiger partial charge in [-0.2, -0.15) is 5.10 Å². The molecule has 0 radical (unpaired) electrons. The summed E-state index contributed by atoms with van der Waals surface area (Å²) in [7, 11) is 0. The van der Waals surface area contributed by atoms with Crippen LogP contribution in [0, 0.1) is 0 Å². The summed E-state index contributed by atoms with van der Waals surface area (Å²) in [6.07, 6.45) is 3.64. The third kappa shape index (κ3) is 3.61. The first-order chi connectivity index (χ1) is 15.1. The number of anilines is 2. The standard InChI is InChI=1S/C24H22N6O/c1-14(2)27-23-8-4-7-20(28-23)24(31)29-21-11-15(12-22-18(21)13-26-30-22)16-5-3-6-19-17(16)9-10-25-19/h3-14,25H,1-2H3,(H,26,30)(H,27,28)(H,29,31). The number of hydrogen-bond acceptors (Lipinski definition) is 4. The second-order valence-corrected chi connectivity index (χ2v) is 7.76. The van der Waals surface area contributed by atoms with Crippen LogP contribution in [0.1, 0.15) is 24.3 Å². The van der Waals surface area contributed by atoms with Crippen LogP contribution in [0.15, 0.2) is 67.0 Å². The molecule has 2 aromatic carbocycles. The first-order valence-electron chi connectivity index (χ1n) is 10.2. The van der Waals surface area contributed by atoms with Gasteiger partial charge < -0.3 is 15.6 Å². The van der Waals surface area contributed by atoms with E-state index in [9.17, 15) is 4.79 Å². The van der Waals surface area contributed by atoms with E-state index in [0.717, 1.165) is 32.9 Å². The fourth-order valence-electron chi connectivity index (χ4n) is 3.77. The third-order valence-corrected chi connectivity index (χ3v) is 5.13. The van der Waals surface area contributed by atoms with Crippen molar-refractivity contribution in [1.82, 2.24) is 20.2 Å². The first kappa shape index (κ1) is 18.9. The summed E-state index contributed by atoms with van der Waals surface area (Å²) < 4.78 is 0. The lowest BCUT2D eigenvalue weighted by molar-refractivity contribution is 0.102. The van der Waals surface area contributed by atoms with Gasteiger partial charge in [-0.25, -0.2) is 4.98 Å². The van der Waals surface area contributed by atoms with E-state index in [1.807, 2.05) is 56.4 Å². The number of aromatic nitrogens is 4. The summed E-state index contributed by atoms with van der Waals surface area (Å²) in [4.78, 5) is 20.7. The van der Waals surface area contributed by atoms with Gasteiger partial charge in [-0.3, -0.25) is 9.89 Å². The Balaban J connectivity index is 1.54. The van der Waals surface area contributed by atoms with Gasteiger partial charge in [-0.15, -0.1) is 0 Å². The van der Waals surface area contributed by atoms with Crippen LogP contribution in [-0.2, 0) is 0 Å². The maximum atomic E-state index is 13.0. The number of amides is 1. The number of carbonyl (C=O) groups is 1. The quantitative estimate of drug-likeness (QED) is 0.321. The maximum Gasteiger partial charge on any atom is 0.274 e. The predicted molar refractivity (Wildman–Crippen MR) is 124 cm³/mol. The van der Waals surface area contributed by atoms with Crippen LogP contribution >= 0.6 is 0 Å². The maximum absolute atomic E-state index is 13.0. The van der Waals surface area contributed by atoms with E-state index < -0.39 is 0 Å². The van der Waals surface area contributed by atoms with Gasteiger partial charge in [0.25, 0.3) is 5.91 Å². The van der Waals surface area contributed by atoms with Crippen LogP contribution in [0.2, 0.25) is 0 Å². The fraction of sp³-hybridized carbons (Fsp3) is 0.125. The third-order valence-electron chi connectivity index (χ3n) is 5.13. The highest BCUT2D eigenvalue weighted by Gasteiger charge is 2.14. The number of nitrogens with zero attached hydrogens (tertiary/aromatic N) is 2. The molecule has 0 saturated carbocycles. The van der Waals surface area contributed by atoms with Crippen molar-refractivity contribution in [3.8, 4) is 11.1 Å². The highest BCUT2D eigenvalue weighted by Crippen LogP contribution is 2.34. The molecule has 0 saturated heterocycles. The van der Waals surface area contributed by atoms with E-state index in [0.29, 0.717) is 17.2 Å². The molecule has 1 amide bonds. The number of pyridine rings is 1. The smallest absolute Gasteiger partial charge is 0.274 e. The summed E-state index contributed by atoms with van der Waals surface area (Å²) in [5, 5.41) is 15.4. The molecular weight excluding hydrogens is 388 g/mol. The number of hydrogen-bond donors (Lipinski definition) is 4. The number of rotatable bonds is 5. The predicted octanol–water partition coefficient (Wildman–Crippen LogP) is 5.18. The van der Waals surface area contributed by atoms with Crippen LogP contribution in [0.5, 0.6) is 0 Å². The molecule has 154 valence electrons. The van der Waals surface area contributed by atoms with Crippen LogP contribution in [-0.4, -0.2) is 32.1 Å². The molecule has 3 heterocycles. The van der Waals surface area contributed by atoms with E-state index >= 15 is 0 Å². The molecule has 3 aromatic heterocycles. The Kier molecular flexibility index (Phi) is 4.63. The lowest BCUT2D eigenvalue weighted by atomic mass is 9.99. The number of carbonyl (C=O) groups excluding carboxylic acids is 1. The molecule has 7 nitrogen and oxygen atoms in total. The Morgan fingerprint density at radius 2 is 1.87 bits per heavy atom. The van der Waals surface area contributed by atoms with Gasteiger partial charge in [0.1, 0.15) is 11.5 Å². The minimum absolute atomic E-state index is 0.226. The van der Waals surface area contributed by atoms with E-state index in [1.54, 1.807) is 12.3 Å². The molecule has 0 bridgehead atoms. The van der Waals surface area contributed by atoms with Gasteiger partial charge >= 0.3 is 0 Å². The van der Waals surface area contributed by atoms with Crippen molar-refractivity contribution in [3.05, 3.63) is 72.7 Å². The summed E-state index contributed by atoms with van der Waals surface area (Å²) in [6.45, 7) is 4.06. The molecule has 0 aliphatic rings. The summed E-state index contributed by atoms with van der Waals surface area (Å²) in [6, 6.07) is 17.8. The van der Waals surface area contributed by atoms with E-state index in [2.05, 4.69) is 42.9 Å².